The maximum atomic E-state index is 12.9. The smallest absolute Gasteiger partial charge is 0.416 e. The molecule has 2 rings (SSSR count). The molecule has 1 N–H and O–H groups in total. The third-order valence-electron chi connectivity index (χ3n) is 3.36. The number of amides is 1. The fourth-order valence-electron chi connectivity index (χ4n) is 2.21. The van der Waals surface area contributed by atoms with Crippen molar-refractivity contribution in [3.05, 3.63) is 35.4 Å². The summed E-state index contributed by atoms with van der Waals surface area (Å²) in [5.74, 6) is -1.06. The molecule has 0 heterocycles. The van der Waals surface area contributed by atoms with Crippen LogP contribution in [0.4, 0.5) is 13.2 Å². The Hall–Kier alpha value is -1.96. The molecule has 1 atom stereocenters. The molecule has 23 heavy (non-hydrogen) atoms. The first-order valence-corrected chi connectivity index (χ1v) is 7.85. The van der Waals surface area contributed by atoms with Gasteiger partial charge in [0.2, 0.25) is 0 Å². The van der Waals surface area contributed by atoms with E-state index in [1.165, 1.54) is 13.2 Å². The van der Waals surface area contributed by atoms with Gasteiger partial charge in [-0.25, -0.2) is 0 Å². The Morgan fingerprint density at radius 2 is 2.09 bits per heavy atom. The van der Waals surface area contributed by atoms with Gasteiger partial charge in [-0.3, -0.25) is 9.59 Å². The number of ether oxygens (including phenoxy) is 1. The number of alkyl halides is 3. The van der Waals surface area contributed by atoms with E-state index >= 15 is 0 Å². The number of methoxy groups -OCH3 is 1. The van der Waals surface area contributed by atoms with Gasteiger partial charge in [-0.2, -0.15) is 13.2 Å². The molecule has 1 aliphatic rings. The number of rotatable bonds is 4. The Bertz CT molecular complexity index is 645. The molecule has 0 saturated carbocycles. The highest BCUT2D eigenvalue weighted by atomic mass is 32.2. The first kappa shape index (κ1) is 17.4. The first-order chi connectivity index (χ1) is 10.8. The highest BCUT2D eigenvalue weighted by Crippen LogP contribution is 2.38. The fraction of sp³-hybridized carbons (Fsp3) is 0.333. The van der Waals surface area contributed by atoms with Crippen LogP contribution in [0.1, 0.15) is 22.3 Å². The van der Waals surface area contributed by atoms with Gasteiger partial charge in [0.15, 0.2) is 5.78 Å². The molecule has 0 aliphatic heterocycles. The molecule has 4 nitrogen and oxygen atoms in total. The van der Waals surface area contributed by atoms with Crippen molar-refractivity contribution in [3.8, 4) is 5.75 Å². The van der Waals surface area contributed by atoms with Crippen molar-refractivity contribution >= 4 is 23.5 Å². The predicted octanol–water partition coefficient (Wildman–Crippen LogP) is 3.06. The minimum Gasteiger partial charge on any atom is -0.496 e. The molecule has 8 heteroatoms. The number of nitrogens with one attached hydrogen (secondary N) is 1. The van der Waals surface area contributed by atoms with Crippen LogP contribution in [-0.4, -0.2) is 31.1 Å². The second-order valence-electron chi connectivity index (χ2n) is 4.82. The van der Waals surface area contributed by atoms with Crippen LogP contribution < -0.4 is 10.1 Å². The number of hydrogen-bond donors (Lipinski definition) is 1. The van der Waals surface area contributed by atoms with E-state index in [9.17, 15) is 22.8 Å². The van der Waals surface area contributed by atoms with Gasteiger partial charge < -0.3 is 10.1 Å². The number of hydrogen-bond acceptors (Lipinski definition) is 4. The molecule has 1 aromatic carbocycles. The van der Waals surface area contributed by atoms with Gasteiger partial charge in [-0.1, -0.05) is 6.08 Å². The van der Waals surface area contributed by atoms with Crippen molar-refractivity contribution < 1.29 is 27.5 Å². The van der Waals surface area contributed by atoms with Crippen molar-refractivity contribution in [2.24, 2.45) is 0 Å². The average molecular weight is 345 g/mol. The van der Waals surface area contributed by atoms with Crippen molar-refractivity contribution in [1.29, 1.82) is 0 Å². The van der Waals surface area contributed by atoms with E-state index in [1.807, 2.05) is 0 Å². The zero-order valence-electron chi connectivity index (χ0n) is 12.4. The second-order valence-corrected chi connectivity index (χ2v) is 5.67. The zero-order chi connectivity index (χ0) is 17.2. The van der Waals surface area contributed by atoms with Gasteiger partial charge in [0, 0.05) is 4.90 Å². The predicted molar refractivity (Wildman–Crippen MR) is 79.8 cm³/mol. The summed E-state index contributed by atoms with van der Waals surface area (Å²) in [6.07, 6.45) is 0.380. The Balaban J connectivity index is 2.40. The molecule has 124 valence electrons. The molecule has 0 spiro atoms. The Morgan fingerprint density at radius 3 is 2.57 bits per heavy atom. The molecule has 0 saturated heterocycles. The monoisotopic (exact) mass is 345 g/mol. The summed E-state index contributed by atoms with van der Waals surface area (Å²) in [6, 6.07) is 0.990. The molecule has 0 fully saturated rings. The summed E-state index contributed by atoms with van der Waals surface area (Å²) >= 11 is 1.00. The summed E-state index contributed by atoms with van der Waals surface area (Å²) < 4.78 is 43.7. The number of carbonyl (C=O) groups is 2. The zero-order valence-corrected chi connectivity index (χ0v) is 13.2. The second kappa shape index (κ2) is 6.66. The van der Waals surface area contributed by atoms with Crippen LogP contribution in [0.3, 0.4) is 0 Å². The van der Waals surface area contributed by atoms with E-state index in [0.29, 0.717) is 6.42 Å². The average Bonchev–Trinajstić information content (AvgIpc) is 2.89. The largest absolute Gasteiger partial charge is 0.496 e. The Morgan fingerprint density at radius 1 is 1.39 bits per heavy atom. The van der Waals surface area contributed by atoms with Crippen molar-refractivity contribution in [3.63, 3.8) is 0 Å². The van der Waals surface area contributed by atoms with Crippen LogP contribution in [-0.2, 0) is 11.0 Å². The molecule has 0 aromatic heterocycles. The summed E-state index contributed by atoms with van der Waals surface area (Å²) in [6.45, 7) is 0. The van der Waals surface area contributed by atoms with E-state index in [-0.39, 0.29) is 22.0 Å². The fourth-order valence-corrected chi connectivity index (χ4v) is 2.85. The summed E-state index contributed by atoms with van der Waals surface area (Å²) in [4.78, 5) is 24.1. The van der Waals surface area contributed by atoms with Crippen LogP contribution in [0.2, 0.25) is 0 Å². The van der Waals surface area contributed by atoms with E-state index in [2.05, 4.69) is 5.32 Å². The van der Waals surface area contributed by atoms with E-state index in [4.69, 9.17) is 4.74 Å². The van der Waals surface area contributed by atoms with Crippen molar-refractivity contribution in [1.82, 2.24) is 5.32 Å². The van der Waals surface area contributed by atoms with Crippen LogP contribution >= 0.6 is 11.8 Å². The maximum absolute atomic E-state index is 12.9. The summed E-state index contributed by atoms with van der Waals surface area (Å²) in [7, 11) is 1.19. The van der Waals surface area contributed by atoms with Crippen molar-refractivity contribution in [2.45, 2.75) is 23.5 Å². The van der Waals surface area contributed by atoms with Crippen LogP contribution in [0.5, 0.6) is 5.75 Å². The highest BCUT2D eigenvalue weighted by Gasteiger charge is 2.34. The topological polar surface area (TPSA) is 55.4 Å². The Labute approximate surface area is 135 Å². The normalized spacial score (nSPS) is 17.4. The van der Waals surface area contributed by atoms with Gasteiger partial charge in [-0.15, -0.1) is 11.8 Å². The lowest BCUT2D eigenvalue weighted by atomic mass is 10.1. The molecule has 1 aliphatic carbocycles. The van der Waals surface area contributed by atoms with Gasteiger partial charge >= 0.3 is 6.18 Å². The highest BCUT2D eigenvalue weighted by molar-refractivity contribution is 7.98. The van der Waals surface area contributed by atoms with Crippen LogP contribution in [0.15, 0.2) is 29.2 Å². The van der Waals surface area contributed by atoms with Crippen LogP contribution in [0, 0.1) is 0 Å². The maximum Gasteiger partial charge on any atom is 0.416 e. The van der Waals surface area contributed by atoms with Gasteiger partial charge in [-0.05, 0) is 30.9 Å². The minimum absolute atomic E-state index is 0.00676. The van der Waals surface area contributed by atoms with Crippen LogP contribution in [0.25, 0.3) is 0 Å². The number of thioether (sulfide) groups is 1. The quantitative estimate of drug-likeness (QED) is 0.852. The third-order valence-corrected chi connectivity index (χ3v) is 4.12. The number of halogens is 3. The first-order valence-electron chi connectivity index (χ1n) is 6.62. The van der Waals surface area contributed by atoms with Gasteiger partial charge in [0.25, 0.3) is 5.91 Å². The third kappa shape index (κ3) is 3.69. The molecule has 1 aromatic rings. The summed E-state index contributed by atoms with van der Waals surface area (Å²) in [5.41, 5.74) is -0.901. The number of ketones is 1. The standard InChI is InChI=1S/C15H14F3NO3S/c1-22-11-6-8(15(16,17)18)7-12(23-2)13(11)14(21)19-9-4-3-5-10(9)20/h3,5-7,9H,4H2,1-2H3,(H,19,21). The SMILES string of the molecule is COc1cc(C(F)(F)F)cc(SC)c1C(=O)NC1CC=CC1=O. The Kier molecular flexibility index (Phi) is 5.03. The molecule has 0 radical (unpaired) electrons. The molecular formula is C15H14F3NO3S. The summed E-state index contributed by atoms with van der Waals surface area (Å²) in [5, 5.41) is 2.53. The molecule has 1 amide bonds. The minimum atomic E-state index is -4.54. The van der Waals surface area contributed by atoms with Crippen molar-refractivity contribution in [2.75, 3.05) is 13.4 Å². The lowest BCUT2D eigenvalue weighted by molar-refractivity contribution is -0.137. The number of benzene rings is 1. The molecule has 1 unspecified atom stereocenters. The van der Waals surface area contributed by atoms with E-state index in [1.54, 1.807) is 12.3 Å². The van der Waals surface area contributed by atoms with E-state index < -0.39 is 23.7 Å². The number of carbonyl (C=O) groups excluding carboxylic acids is 2. The van der Waals surface area contributed by atoms with Gasteiger partial charge in [0.1, 0.15) is 5.75 Å². The van der Waals surface area contributed by atoms with Gasteiger partial charge in [0.05, 0.1) is 24.3 Å². The lowest BCUT2D eigenvalue weighted by Gasteiger charge is -2.18. The lowest BCUT2D eigenvalue weighted by Crippen LogP contribution is -2.38. The molecule has 0 bridgehead atoms. The van der Waals surface area contributed by atoms with E-state index in [0.717, 1.165) is 23.9 Å². The molecular weight excluding hydrogens is 331 g/mol.